The number of rotatable bonds is 8. The molecule has 3 heteroatoms. The molecule has 0 aliphatic rings. The van der Waals surface area contributed by atoms with Gasteiger partial charge in [-0.2, -0.15) is 0 Å². The second-order valence-corrected chi connectivity index (χ2v) is 5.97. The van der Waals surface area contributed by atoms with Crippen molar-refractivity contribution in [2.45, 2.75) is 25.8 Å². The van der Waals surface area contributed by atoms with Crippen LogP contribution in [-0.2, 0) is 4.79 Å². The van der Waals surface area contributed by atoms with E-state index in [1.807, 2.05) is 43.2 Å². The minimum atomic E-state index is -0.256. The summed E-state index contributed by atoms with van der Waals surface area (Å²) >= 11 is 0. The minimum absolute atomic E-state index is 0.0725. The lowest BCUT2D eigenvalue weighted by Crippen LogP contribution is -2.43. The Kier molecular flexibility index (Phi) is 6.83. The van der Waals surface area contributed by atoms with Crippen LogP contribution in [-0.4, -0.2) is 42.9 Å². The van der Waals surface area contributed by atoms with E-state index in [9.17, 15) is 4.79 Å². The number of hydrogen-bond donors (Lipinski definition) is 0. The molecule has 0 aliphatic heterocycles. The third kappa shape index (κ3) is 4.59. The fourth-order valence-electron chi connectivity index (χ4n) is 2.53. The van der Waals surface area contributed by atoms with Crippen molar-refractivity contribution < 1.29 is 4.79 Å². The molecule has 3 nitrogen and oxygen atoms in total. The van der Waals surface area contributed by atoms with Crippen molar-refractivity contribution in [2.75, 3.05) is 21.1 Å². The second kappa shape index (κ2) is 8.37. The molecule has 1 aromatic carbocycles. The zero-order valence-electron chi connectivity index (χ0n) is 14.8. The molecule has 0 radical (unpaired) electrons. The number of carbonyl (C=O) groups is 1. The molecule has 0 saturated carbocycles. The lowest BCUT2D eigenvalue weighted by molar-refractivity contribution is -0.133. The van der Waals surface area contributed by atoms with Crippen LogP contribution in [0.1, 0.15) is 29.5 Å². The molecule has 0 spiro atoms. The normalized spacial score (nSPS) is 11.5. The highest BCUT2D eigenvalue weighted by molar-refractivity contribution is 5.84. The Morgan fingerprint density at radius 1 is 1.26 bits per heavy atom. The van der Waals surface area contributed by atoms with Gasteiger partial charge in [-0.05, 0) is 31.4 Å². The quantitative estimate of drug-likeness (QED) is 0.678. The smallest absolute Gasteiger partial charge is 0.244 e. The van der Waals surface area contributed by atoms with Gasteiger partial charge in [0.25, 0.3) is 0 Å². The fourth-order valence-corrected chi connectivity index (χ4v) is 2.53. The number of hydrogen-bond acceptors (Lipinski definition) is 2. The standard InChI is InChI=1S/C20H28N2O/c1-8-10-11-19(20(23)21(5)6)22(7)16(4)18-14-15(3)12-13-17(18)9-2/h8-9,12-14,19H,1-2,4,10-11H2,3,5-7H3. The van der Waals surface area contributed by atoms with Crippen LogP contribution in [0.2, 0.25) is 0 Å². The molecule has 0 aliphatic carbocycles. The van der Waals surface area contributed by atoms with Gasteiger partial charge in [-0.3, -0.25) is 4.79 Å². The van der Waals surface area contributed by atoms with Crippen LogP contribution >= 0.6 is 0 Å². The number of likely N-dealkylation sites (N-methyl/N-ethyl adjacent to an activating group) is 2. The van der Waals surface area contributed by atoms with Gasteiger partial charge in [-0.25, -0.2) is 0 Å². The fraction of sp³-hybridized carbons (Fsp3) is 0.350. The van der Waals surface area contributed by atoms with E-state index < -0.39 is 0 Å². The van der Waals surface area contributed by atoms with Crippen molar-refractivity contribution in [3.8, 4) is 0 Å². The molecule has 124 valence electrons. The summed E-state index contributed by atoms with van der Waals surface area (Å²) in [6.45, 7) is 13.9. The average molecular weight is 312 g/mol. The highest BCUT2D eigenvalue weighted by Gasteiger charge is 2.26. The summed E-state index contributed by atoms with van der Waals surface area (Å²) in [5.41, 5.74) is 4.01. The average Bonchev–Trinajstić information content (AvgIpc) is 2.53. The lowest BCUT2D eigenvalue weighted by atomic mass is 9.99. The Hall–Kier alpha value is -2.29. The van der Waals surface area contributed by atoms with E-state index in [1.54, 1.807) is 19.0 Å². The summed E-state index contributed by atoms with van der Waals surface area (Å²) in [5, 5.41) is 0. The van der Waals surface area contributed by atoms with Gasteiger partial charge in [0, 0.05) is 32.4 Å². The number of amides is 1. The molecular formula is C20H28N2O. The van der Waals surface area contributed by atoms with Gasteiger partial charge in [0.05, 0.1) is 0 Å². The molecule has 1 aromatic rings. The van der Waals surface area contributed by atoms with E-state index in [4.69, 9.17) is 0 Å². The minimum Gasteiger partial charge on any atom is -0.363 e. The molecule has 0 N–H and O–H groups in total. The molecular weight excluding hydrogens is 284 g/mol. The highest BCUT2D eigenvalue weighted by Crippen LogP contribution is 2.26. The maximum absolute atomic E-state index is 12.5. The molecule has 1 unspecified atom stereocenters. The topological polar surface area (TPSA) is 23.6 Å². The first kappa shape index (κ1) is 18.8. The van der Waals surface area contributed by atoms with E-state index in [0.29, 0.717) is 6.42 Å². The van der Waals surface area contributed by atoms with E-state index in [-0.39, 0.29) is 11.9 Å². The summed E-state index contributed by atoms with van der Waals surface area (Å²) in [7, 11) is 5.48. The van der Waals surface area contributed by atoms with Gasteiger partial charge >= 0.3 is 0 Å². The first-order valence-electron chi connectivity index (χ1n) is 7.80. The van der Waals surface area contributed by atoms with Gasteiger partial charge in [0.2, 0.25) is 5.91 Å². The van der Waals surface area contributed by atoms with Gasteiger partial charge in [0.1, 0.15) is 6.04 Å². The van der Waals surface area contributed by atoms with Crippen molar-refractivity contribution in [3.05, 3.63) is 60.7 Å². The monoisotopic (exact) mass is 312 g/mol. The van der Waals surface area contributed by atoms with Crippen molar-refractivity contribution in [1.82, 2.24) is 9.80 Å². The highest BCUT2D eigenvalue weighted by atomic mass is 16.2. The van der Waals surface area contributed by atoms with Crippen LogP contribution in [0.4, 0.5) is 0 Å². The summed E-state index contributed by atoms with van der Waals surface area (Å²) in [6.07, 6.45) is 5.16. The number of benzene rings is 1. The Bertz CT molecular complexity index is 602. The Balaban J connectivity index is 3.16. The SMILES string of the molecule is C=CCCC(C(=O)N(C)C)N(C)C(=C)c1cc(C)ccc1C=C. The molecule has 1 amide bonds. The Labute approximate surface area is 140 Å². The first-order valence-corrected chi connectivity index (χ1v) is 7.80. The van der Waals surface area contributed by atoms with Gasteiger partial charge < -0.3 is 9.80 Å². The predicted octanol–water partition coefficient (Wildman–Crippen LogP) is 3.96. The van der Waals surface area contributed by atoms with Crippen molar-refractivity contribution in [2.24, 2.45) is 0 Å². The summed E-state index contributed by atoms with van der Waals surface area (Å²) in [5.74, 6) is 0.0725. The summed E-state index contributed by atoms with van der Waals surface area (Å²) < 4.78 is 0. The van der Waals surface area contributed by atoms with Crippen LogP contribution in [0.5, 0.6) is 0 Å². The molecule has 1 atom stereocenters. The summed E-state index contributed by atoms with van der Waals surface area (Å²) in [4.78, 5) is 16.1. The van der Waals surface area contributed by atoms with E-state index in [1.165, 1.54) is 0 Å². The van der Waals surface area contributed by atoms with Crippen molar-refractivity contribution in [3.63, 3.8) is 0 Å². The third-order valence-corrected chi connectivity index (χ3v) is 4.00. The molecule has 0 saturated heterocycles. The third-order valence-electron chi connectivity index (χ3n) is 4.00. The number of allylic oxidation sites excluding steroid dienone is 1. The predicted molar refractivity (Wildman–Crippen MR) is 100.0 cm³/mol. The number of aryl methyl sites for hydroxylation is 1. The van der Waals surface area contributed by atoms with Gasteiger partial charge in [-0.1, -0.05) is 43.0 Å². The molecule has 0 bridgehead atoms. The largest absolute Gasteiger partial charge is 0.363 e. The van der Waals surface area contributed by atoms with Crippen LogP contribution in [0, 0.1) is 6.92 Å². The summed E-state index contributed by atoms with van der Waals surface area (Å²) in [6, 6.07) is 5.91. The van der Waals surface area contributed by atoms with Crippen molar-refractivity contribution >= 4 is 17.7 Å². The molecule has 0 aromatic heterocycles. The zero-order chi connectivity index (χ0) is 17.6. The first-order chi connectivity index (χ1) is 10.8. The Morgan fingerprint density at radius 3 is 2.43 bits per heavy atom. The molecule has 23 heavy (non-hydrogen) atoms. The Morgan fingerprint density at radius 2 is 1.91 bits per heavy atom. The lowest BCUT2D eigenvalue weighted by Gasteiger charge is -2.33. The second-order valence-electron chi connectivity index (χ2n) is 5.97. The maximum Gasteiger partial charge on any atom is 0.244 e. The van der Waals surface area contributed by atoms with Crippen LogP contribution in [0.15, 0.2) is 44.0 Å². The van der Waals surface area contributed by atoms with E-state index in [2.05, 4.69) is 25.8 Å². The van der Waals surface area contributed by atoms with Gasteiger partial charge in [-0.15, -0.1) is 6.58 Å². The number of nitrogens with zero attached hydrogens (tertiary/aromatic N) is 2. The molecule has 1 rings (SSSR count). The van der Waals surface area contributed by atoms with Crippen LogP contribution in [0.25, 0.3) is 11.8 Å². The van der Waals surface area contributed by atoms with Crippen LogP contribution < -0.4 is 0 Å². The van der Waals surface area contributed by atoms with Crippen molar-refractivity contribution in [1.29, 1.82) is 0 Å². The van der Waals surface area contributed by atoms with Crippen LogP contribution in [0.3, 0.4) is 0 Å². The zero-order valence-corrected chi connectivity index (χ0v) is 14.8. The maximum atomic E-state index is 12.5. The number of carbonyl (C=O) groups excluding carboxylic acids is 1. The van der Waals surface area contributed by atoms with E-state index in [0.717, 1.165) is 28.8 Å². The molecule has 0 fully saturated rings. The molecule has 0 heterocycles. The van der Waals surface area contributed by atoms with E-state index >= 15 is 0 Å². The van der Waals surface area contributed by atoms with Gasteiger partial charge in [0.15, 0.2) is 0 Å².